The molecule has 0 aromatic carbocycles. The molecule has 0 aromatic heterocycles. The highest BCUT2D eigenvalue weighted by molar-refractivity contribution is 5.66. The van der Waals surface area contributed by atoms with Crippen molar-refractivity contribution in [2.75, 3.05) is 32.7 Å². The van der Waals surface area contributed by atoms with Crippen molar-refractivity contribution in [1.29, 1.82) is 0 Å². The fraction of sp³-hybridized carbons (Fsp3) is 0.917. The van der Waals surface area contributed by atoms with Crippen molar-refractivity contribution >= 4 is 5.97 Å². The molecule has 1 fully saturated rings. The molecule has 1 rings (SSSR count). The summed E-state index contributed by atoms with van der Waals surface area (Å²) in [5, 5.41) is 8.56. The van der Waals surface area contributed by atoms with Gasteiger partial charge in [0.1, 0.15) is 0 Å². The highest BCUT2D eigenvalue weighted by atomic mass is 16.4. The van der Waals surface area contributed by atoms with Crippen LogP contribution in [0.2, 0.25) is 0 Å². The number of piperazine rings is 1. The van der Waals surface area contributed by atoms with Gasteiger partial charge in [0.25, 0.3) is 0 Å². The van der Waals surface area contributed by atoms with Crippen LogP contribution < -0.4 is 0 Å². The van der Waals surface area contributed by atoms with Crippen LogP contribution in [0.3, 0.4) is 0 Å². The SMILES string of the molecule is CC(C)(C)N1CCN(CCCC(=O)O)CC1. The van der Waals surface area contributed by atoms with Crippen LogP contribution in [-0.4, -0.2) is 59.1 Å². The molecular weight excluding hydrogens is 204 g/mol. The standard InChI is InChI=1S/C12H24N2O2/c1-12(2,3)14-9-7-13(8-10-14)6-4-5-11(15)16/h4-10H2,1-3H3,(H,15,16). The summed E-state index contributed by atoms with van der Waals surface area (Å²) in [6.45, 7) is 12.0. The zero-order valence-corrected chi connectivity index (χ0v) is 10.7. The van der Waals surface area contributed by atoms with Gasteiger partial charge in [-0.1, -0.05) is 0 Å². The largest absolute Gasteiger partial charge is 0.481 e. The van der Waals surface area contributed by atoms with E-state index < -0.39 is 5.97 Å². The lowest BCUT2D eigenvalue weighted by atomic mass is 10.0. The van der Waals surface area contributed by atoms with E-state index in [2.05, 4.69) is 30.6 Å². The van der Waals surface area contributed by atoms with Crippen LogP contribution in [0.4, 0.5) is 0 Å². The summed E-state index contributed by atoms with van der Waals surface area (Å²) in [5.41, 5.74) is 0.257. The lowest BCUT2D eigenvalue weighted by Crippen LogP contribution is -2.53. The molecule has 4 nitrogen and oxygen atoms in total. The summed E-state index contributed by atoms with van der Waals surface area (Å²) in [5.74, 6) is -0.687. The van der Waals surface area contributed by atoms with Gasteiger partial charge in [-0.05, 0) is 33.7 Å². The van der Waals surface area contributed by atoms with Crippen molar-refractivity contribution in [3.05, 3.63) is 0 Å². The molecule has 94 valence electrons. The maximum atomic E-state index is 10.4. The lowest BCUT2D eigenvalue weighted by molar-refractivity contribution is -0.137. The molecular formula is C12H24N2O2. The molecule has 0 bridgehead atoms. The Labute approximate surface area is 98.2 Å². The van der Waals surface area contributed by atoms with E-state index in [4.69, 9.17) is 5.11 Å². The number of aliphatic carboxylic acids is 1. The molecule has 1 N–H and O–H groups in total. The van der Waals surface area contributed by atoms with Crippen LogP contribution in [0, 0.1) is 0 Å². The molecule has 4 heteroatoms. The van der Waals surface area contributed by atoms with E-state index in [0.29, 0.717) is 6.42 Å². The molecule has 1 heterocycles. The van der Waals surface area contributed by atoms with Gasteiger partial charge in [0.2, 0.25) is 0 Å². The number of hydrogen-bond donors (Lipinski definition) is 1. The third-order valence-electron chi connectivity index (χ3n) is 3.19. The topological polar surface area (TPSA) is 43.8 Å². The van der Waals surface area contributed by atoms with E-state index in [1.165, 1.54) is 0 Å². The molecule has 16 heavy (non-hydrogen) atoms. The summed E-state index contributed by atoms with van der Waals surface area (Å²) in [7, 11) is 0. The fourth-order valence-electron chi connectivity index (χ4n) is 2.10. The number of nitrogens with zero attached hydrogens (tertiary/aromatic N) is 2. The molecule has 0 unspecified atom stereocenters. The van der Waals surface area contributed by atoms with Crippen LogP contribution in [0.15, 0.2) is 0 Å². The van der Waals surface area contributed by atoms with E-state index in [0.717, 1.165) is 39.1 Å². The van der Waals surface area contributed by atoms with E-state index >= 15 is 0 Å². The minimum atomic E-state index is -0.687. The maximum absolute atomic E-state index is 10.4. The first-order valence-corrected chi connectivity index (χ1v) is 6.09. The van der Waals surface area contributed by atoms with Crippen molar-refractivity contribution in [2.24, 2.45) is 0 Å². The Bertz CT molecular complexity index is 228. The number of hydrogen-bond acceptors (Lipinski definition) is 3. The second-order valence-electron chi connectivity index (χ2n) is 5.50. The maximum Gasteiger partial charge on any atom is 0.303 e. The van der Waals surface area contributed by atoms with Gasteiger partial charge in [-0.15, -0.1) is 0 Å². The molecule has 0 aromatic rings. The smallest absolute Gasteiger partial charge is 0.303 e. The predicted octanol–water partition coefficient (Wildman–Crippen LogP) is 1.27. The predicted molar refractivity (Wildman–Crippen MR) is 64.6 cm³/mol. The number of carbonyl (C=O) groups is 1. The average molecular weight is 228 g/mol. The average Bonchev–Trinajstić information content (AvgIpc) is 2.16. The lowest BCUT2D eigenvalue weighted by Gasteiger charge is -2.42. The Kier molecular flexibility index (Phi) is 4.74. The van der Waals surface area contributed by atoms with Gasteiger partial charge in [-0.25, -0.2) is 0 Å². The van der Waals surface area contributed by atoms with Gasteiger partial charge in [0.05, 0.1) is 0 Å². The number of carboxylic acid groups (broad SMARTS) is 1. The van der Waals surface area contributed by atoms with E-state index in [1.54, 1.807) is 0 Å². The molecule has 1 saturated heterocycles. The van der Waals surface area contributed by atoms with E-state index in [1.807, 2.05) is 0 Å². The Morgan fingerprint density at radius 3 is 2.19 bits per heavy atom. The van der Waals surface area contributed by atoms with Crippen LogP contribution >= 0.6 is 0 Å². The monoisotopic (exact) mass is 228 g/mol. The van der Waals surface area contributed by atoms with Gasteiger partial charge in [-0.2, -0.15) is 0 Å². The molecule has 1 aliphatic heterocycles. The van der Waals surface area contributed by atoms with Crippen molar-refractivity contribution < 1.29 is 9.90 Å². The first kappa shape index (κ1) is 13.5. The van der Waals surface area contributed by atoms with Crippen molar-refractivity contribution in [3.63, 3.8) is 0 Å². The third-order valence-corrected chi connectivity index (χ3v) is 3.19. The normalized spacial score (nSPS) is 19.9. The minimum absolute atomic E-state index is 0.257. The zero-order chi connectivity index (χ0) is 12.2. The van der Waals surface area contributed by atoms with Crippen molar-refractivity contribution in [1.82, 2.24) is 9.80 Å². The molecule has 0 saturated carbocycles. The summed E-state index contributed by atoms with van der Waals surface area (Å²) in [6, 6.07) is 0. The van der Waals surface area contributed by atoms with Crippen LogP contribution in [-0.2, 0) is 4.79 Å². The second kappa shape index (κ2) is 5.64. The van der Waals surface area contributed by atoms with Crippen molar-refractivity contribution in [2.45, 2.75) is 39.2 Å². The quantitative estimate of drug-likeness (QED) is 0.787. The first-order valence-electron chi connectivity index (χ1n) is 6.09. The van der Waals surface area contributed by atoms with Gasteiger partial charge in [-0.3, -0.25) is 9.69 Å². The molecule has 0 atom stereocenters. The summed E-state index contributed by atoms with van der Waals surface area (Å²) in [6.07, 6.45) is 1.06. The summed E-state index contributed by atoms with van der Waals surface area (Å²) in [4.78, 5) is 15.3. The Morgan fingerprint density at radius 2 is 1.75 bits per heavy atom. The summed E-state index contributed by atoms with van der Waals surface area (Å²) >= 11 is 0. The van der Waals surface area contributed by atoms with E-state index in [-0.39, 0.29) is 5.54 Å². The van der Waals surface area contributed by atoms with Crippen LogP contribution in [0.25, 0.3) is 0 Å². The summed E-state index contributed by atoms with van der Waals surface area (Å²) < 4.78 is 0. The van der Waals surface area contributed by atoms with Gasteiger partial charge >= 0.3 is 5.97 Å². The van der Waals surface area contributed by atoms with Crippen LogP contribution in [0.5, 0.6) is 0 Å². The minimum Gasteiger partial charge on any atom is -0.481 e. The molecule has 0 amide bonds. The molecule has 0 spiro atoms. The third kappa shape index (κ3) is 4.49. The fourth-order valence-corrected chi connectivity index (χ4v) is 2.10. The van der Waals surface area contributed by atoms with Gasteiger partial charge in [0, 0.05) is 38.1 Å². The Balaban J connectivity index is 2.19. The number of carboxylic acids is 1. The Morgan fingerprint density at radius 1 is 1.19 bits per heavy atom. The van der Waals surface area contributed by atoms with Crippen LogP contribution in [0.1, 0.15) is 33.6 Å². The van der Waals surface area contributed by atoms with Gasteiger partial charge in [0.15, 0.2) is 0 Å². The Hall–Kier alpha value is -0.610. The molecule has 0 radical (unpaired) electrons. The second-order valence-corrected chi connectivity index (χ2v) is 5.50. The van der Waals surface area contributed by atoms with Crippen molar-refractivity contribution in [3.8, 4) is 0 Å². The van der Waals surface area contributed by atoms with E-state index in [9.17, 15) is 4.79 Å². The molecule has 1 aliphatic rings. The number of rotatable bonds is 4. The zero-order valence-electron chi connectivity index (χ0n) is 10.7. The first-order chi connectivity index (χ1) is 7.39. The molecule has 0 aliphatic carbocycles. The van der Waals surface area contributed by atoms with Gasteiger partial charge < -0.3 is 10.0 Å². The highest BCUT2D eigenvalue weighted by Gasteiger charge is 2.25. The highest BCUT2D eigenvalue weighted by Crippen LogP contribution is 2.15.